The van der Waals surface area contributed by atoms with E-state index in [1.807, 2.05) is 66.7 Å². The van der Waals surface area contributed by atoms with Crippen molar-refractivity contribution in [2.75, 3.05) is 19.0 Å². The number of carbonyl (C=O) groups excluding carboxylic acids is 1. The van der Waals surface area contributed by atoms with Crippen LogP contribution in [0.2, 0.25) is 0 Å². The van der Waals surface area contributed by atoms with Crippen LogP contribution in [0.4, 0.5) is 16.3 Å². The molecule has 6 heteroatoms. The molecular formula is C22H21N3O3. The molecule has 0 bridgehead atoms. The summed E-state index contributed by atoms with van der Waals surface area (Å²) in [5.74, 6) is 2.32. The molecule has 1 atom stereocenters. The van der Waals surface area contributed by atoms with Crippen molar-refractivity contribution in [3.8, 4) is 11.5 Å². The molecule has 142 valence electrons. The zero-order chi connectivity index (χ0) is 19.3. The summed E-state index contributed by atoms with van der Waals surface area (Å²) in [6.45, 7) is 0.437. The SMILES string of the molecule is CN1C(=O)OC[C@@H]1Cc1ccc(Oc2ccc(Nc3ccccn3)cc2)cc1. The van der Waals surface area contributed by atoms with Crippen LogP contribution in [-0.2, 0) is 11.2 Å². The number of benzene rings is 2. The Morgan fingerprint density at radius 3 is 2.39 bits per heavy atom. The van der Waals surface area contributed by atoms with Gasteiger partial charge in [0.2, 0.25) is 0 Å². The molecule has 28 heavy (non-hydrogen) atoms. The van der Waals surface area contributed by atoms with Crippen molar-refractivity contribution in [2.45, 2.75) is 12.5 Å². The van der Waals surface area contributed by atoms with E-state index in [0.29, 0.717) is 6.61 Å². The van der Waals surface area contributed by atoms with Crippen molar-refractivity contribution in [2.24, 2.45) is 0 Å². The topological polar surface area (TPSA) is 63.7 Å². The Bertz CT molecular complexity index is 928. The molecular weight excluding hydrogens is 354 g/mol. The number of rotatable bonds is 6. The third-order valence-electron chi connectivity index (χ3n) is 4.66. The van der Waals surface area contributed by atoms with Crippen molar-refractivity contribution in [3.05, 3.63) is 78.5 Å². The van der Waals surface area contributed by atoms with E-state index in [1.54, 1.807) is 18.1 Å². The zero-order valence-corrected chi connectivity index (χ0v) is 15.5. The Morgan fingerprint density at radius 1 is 1.07 bits per heavy atom. The maximum Gasteiger partial charge on any atom is 0.409 e. The number of carbonyl (C=O) groups is 1. The van der Waals surface area contributed by atoms with Gasteiger partial charge in [-0.15, -0.1) is 0 Å². The van der Waals surface area contributed by atoms with Gasteiger partial charge in [0.25, 0.3) is 0 Å². The number of hydrogen-bond donors (Lipinski definition) is 1. The Balaban J connectivity index is 1.34. The van der Waals surface area contributed by atoms with E-state index in [-0.39, 0.29) is 12.1 Å². The third-order valence-corrected chi connectivity index (χ3v) is 4.66. The van der Waals surface area contributed by atoms with E-state index in [0.717, 1.165) is 35.0 Å². The van der Waals surface area contributed by atoms with Crippen LogP contribution >= 0.6 is 0 Å². The number of cyclic esters (lactones) is 1. The molecule has 1 saturated heterocycles. The number of hydrogen-bond acceptors (Lipinski definition) is 5. The van der Waals surface area contributed by atoms with Crippen LogP contribution in [0, 0.1) is 0 Å². The minimum Gasteiger partial charge on any atom is -0.457 e. The van der Waals surface area contributed by atoms with E-state index in [2.05, 4.69) is 10.3 Å². The van der Waals surface area contributed by atoms with Crippen molar-refractivity contribution < 1.29 is 14.3 Å². The highest BCUT2D eigenvalue weighted by Crippen LogP contribution is 2.25. The molecule has 2 aromatic carbocycles. The summed E-state index contributed by atoms with van der Waals surface area (Å²) in [6, 6.07) is 21.4. The number of anilines is 2. The first kappa shape index (κ1) is 17.9. The average molecular weight is 375 g/mol. The van der Waals surface area contributed by atoms with Crippen molar-refractivity contribution in [1.82, 2.24) is 9.88 Å². The predicted octanol–water partition coefficient (Wildman–Crippen LogP) is 4.61. The first-order chi connectivity index (χ1) is 13.7. The highest BCUT2D eigenvalue weighted by molar-refractivity contribution is 5.69. The van der Waals surface area contributed by atoms with Gasteiger partial charge in [0, 0.05) is 18.9 Å². The summed E-state index contributed by atoms with van der Waals surface area (Å²) >= 11 is 0. The Morgan fingerprint density at radius 2 is 1.79 bits per heavy atom. The number of pyridine rings is 1. The fourth-order valence-electron chi connectivity index (χ4n) is 3.02. The van der Waals surface area contributed by atoms with E-state index in [4.69, 9.17) is 9.47 Å². The van der Waals surface area contributed by atoms with Crippen LogP contribution in [0.1, 0.15) is 5.56 Å². The Labute approximate surface area is 163 Å². The molecule has 1 aliphatic rings. The van der Waals surface area contributed by atoms with E-state index < -0.39 is 0 Å². The Kier molecular flexibility index (Phi) is 5.10. The van der Waals surface area contributed by atoms with Gasteiger partial charge in [0.1, 0.15) is 23.9 Å². The molecule has 1 fully saturated rings. The molecule has 1 aromatic heterocycles. The second-order valence-electron chi connectivity index (χ2n) is 6.66. The van der Waals surface area contributed by atoms with Gasteiger partial charge in [0.05, 0.1) is 6.04 Å². The number of ether oxygens (including phenoxy) is 2. The number of amides is 1. The minimum atomic E-state index is -0.258. The maximum absolute atomic E-state index is 11.4. The monoisotopic (exact) mass is 375 g/mol. The summed E-state index contributed by atoms with van der Waals surface area (Å²) in [4.78, 5) is 17.3. The number of nitrogens with zero attached hydrogens (tertiary/aromatic N) is 2. The first-order valence-electron chi connectivity index (χ1n) is 9.12. The van der Waals surface area contributed by atoms with Crippen molar-refractivity contribution >= 4 is 17.6 Å². The summed E-state index contributed by atoms with van der Waals surface area (Å²) < 4.78 is 11.0. The highest BCUT2D eigenvalue weighted by Gasteiger charge is 2.29. The summed E-state index contributed by atoms with van der Waals surface area (Å²) in [5.41, 5.74) is 2.08. The molecule has 1 aliphatic heterocycles. The molecule has 2 heterocycles. The molecule has 0 spiro atoms. The van der Waals surface area contributed by atoms with Crippen LogP contribution < -0.4 is 10.1 Å². The number of nitrogens with one attached hydrogen (secondary N) is 1. The molecule has 1 N–H and O–H groups in total. The number of aromatic nitrogens is 1. The van der Waals surface area contributed by atoms with Gasteiger partial charge in [-0.25, -0.2) is 9.78 Å². The van der Waals surface area contributed by atoms with Gasteiger partial charge in [-0.2, -0.15) is 0 Å². The standard InChI is InChI=1S/C22H21N3O3/c1-25-18(15-27-22(25)26)14-16-5-9-19(10-6-16)28-20-11-7-17(8-12-20)24-21-4-2-3-13-23-21/h2-13,18H,14-15H2,1H3,(H,23,24)/t18-/m0/s1. The smallest absolute Gasteiger partial charge is 0.409 e. The van der Waals surface area contributed by atoms with E-state index in [1.165, 1.54) is 0 Å². The third kappa shape index (κ3) is 4.23. The molecule has 6 nitrogen and oxygen atoms in total. The quantitative estimate of drug-likeness (QED) is 0.682. The molecule has 0 radical (unpaired) electrons. The molecule has 0 unspecified atom stereocenters. The van der Waals surface area contributed by atoms with Gasteiger partial charge in [-0.1, -0.05) is 18.2 Å². The summed E-state index contributed by atoms with van der Waals surface area (Å²) in [6.07, 6.45) is 2.25. The molecule has 0 saturated carbocycles. The normalized spacial score (nSPS) is 16.0. The second kappa shape index (κ2) is 8.00. The minimum absolute atomic E-state index is 0.0819. The maximum atomic E-state index is 11.4. The first-order valence-corrected chi connectivity index (χ1v) is 9.12. The summed E-state index contributed by atoms with van der Waals surface area (Å²) in [5, 5.41) is 3.24. The lowest BCUT2D eigenvalue weighted by molar-refractivity contribution is 0.163. The van der Waals surface area contributed by atoms with E-state index in [9.17, 15) is 4.79 Å². The Hall–Kier alpha value is -3.54. The van der Waals surface area contributed by atoms with Crippen molar-refractivity contribution in [3.63, 3.8) is 0 Å². The van der Waals surface area contributed by atoms with Gasteiger partial charge in [-0.05, 0) is 60.5 Å². The highest BCUT2D eigenvalue weighted by atomic mass is 16.6. The van der Waals surface area contributed by atoms with Crippen LogP contribution in [0.5, 0.6) is 11.5 Å². The van der Waals surface area contributed by atoms with Gasteiger partial charge < -0.3 is 19.7 Å². The van der Waals surface area contributed by atoms with Crippen molar-refractivity contribution in [1.29, 1.82) is 0 Å². The second-order valence-corrected chi connectivity index (χ2v) is 6.66. The van der Waals surface area contributed by atoms with E-state index >= 15 is 0 Å². The van der Waals surface area contributed by atoms with Crippen LogP contribution in [-0.4, -0.2) is 35.7 Å². The van der Waals surface area contributed by atoms with Crippen LogP contribution in [0.3, 0.4) is 0 Å². The summed E-state index contributed by atoms with van der Waals surface area (Å²) in [7, 11) is 1.77. The van der Waals surface area contributed by atoms with Gasteiger partial charge >= 0.3 is 6.09 Å². The fraction of sp³-hybridized carbons (Fsp3) is 0.182. The largest absolute Gasteiger partial charge is 0.457 e. The molecule has 1 amide bonds. The number of likely N-dealkylation sites (N-methyl/N-ethyl adjacent to an activating group) is 1. The average Bonchev–Trinajstić information content (AvgIpc) is 3.04. The van der Waals surface area contributed by atoms with Gasteiger partial charge in [0.15, 0.2) is 0 Å². The lowest BCUT2D eigenvalue weighted by atomic mass is 10.1. The molecule has 0 aliphatic carbocycles. The predicted molar refractivity (Wildman–Crippen MR) is 107 cm³/mol. The fourth-order valence-corrected chi connectivity index (χ4v) is 3.02. The zero-order valence-electron chi connectivity index (χ0n) is 15.5. The molecule has 3 aromatic rings. The lowest BCUT2D eigenvalue weighted by Crippen LogP contribution is -2.30. The van der Waals surface area contributed by atoms with Crippen LogP contribution in [0.15, 0.2) is 72.9 Å². The lowest BCUT2D eigenvalue weighted by Gasteiger charge is -2.16. The van der Waals surface area contributed by atoms with Crippen LogP contribution in [0.25, 0.3) is 0 Å². The van der Waals surface area contributed by atoms with Gasteiger partial charge in [-0.3, -0.25) is 0 Å². The molecule has 4 rings (SSSR count).